The van der Waals surface area contributed by atoms with Gasteiger partial charge >= 0.3 is 5.97 Å². The van der Waals surface area contributed by atoms with Gasteiger partial charge in [-0.2, -0.15) is 0 Å². The summed E-state index contributed by atoms with van der Waals surface area (Å²) < 4.78 is 0. The van der Waals surface area contributed by atoms with Crippen LogP contribution in [0.1, 0.15) is 25.7 Å². The monoisotopic (exact) mass is 171 g/mol. The standard InChI is InChI=1S/C8H13NO3/c9-6-4-2-1-3-5(6)7(10)8(11)12/h5-6H,1-4,9H2,(H,11,12). The Morgan fingerprint density at radius 2 is 1.83 bits per heavy atom. The Bertz CT molecular complexity index is 202. The molecule has 0 spiro atoms. The summed E-state index contributed by atoms with van der Waals surface area (Å²) in [5.74, 6) is -2.52. The molecule has 4 nitrogen and oxygen atoms in total. The first-order chi connectivity index (χ1) is 5.63. The lowest BCUT2D eigenvalue weighted by atomic mass is 9.82. The maximum Gasteiger partial charge on any atom is 0.372 e. The summed E-state index contributed by atoms with van der Waals surface area (Å²) in [4.78, 5) is 21.4. The van der Waals surface area contributed by atoms with E-state index in [1.807, 2.05) is 0 Å². The third-order valence-corrected chi connectivity index (χ3v) is 2.37. The van der Waals surface area contributed by atoms with E-state index >= 15 is 0 Å². The molecule has 1 saturated carbocycles. The van der Waals surface area contributed by atoms with Crippen molar-refractivity contribution in [2.24, 2.45) is 11.7 Å². The molecular formula is C8H13NO3. The summed E-state index contributed by atoms with van der Waals surface area (Å²) >= 11 is 0. The van der Waals surface area contributed by atoms with Crippen molar-refractivity contribution in [3.05, 3.63) is 0 Å². The second-order valence-electron chi connectivity index (χ2n) is 3.22. The highest BCUT2D eigenvalue weighted by atomic mass is 16.4. The minimum absolute atomic E-state index is 0.248. The van der Waals surface area contributed by atoms with E-state index < -0.39 is 17.7 Å². The molecule has 0 aromatic rings. The lowest BCUT2D eigenvalue weighted by Crippen LogP contribution is -2.40. The van der Waals surface area contributed by atoms with Gasteiger partial charge in [-0.3, -0.25) is 4.79 Å². The summed E-state index contributed by atoms with van der Waals surface area (Å²) in [6, 6.07) is -0.248. The predicted octanol–water partition coefficient (Wildman–Crippen LogP) is 0.158. The lowest BCUT2D eigenvalue weighted by Gasteiger charge is -2.25. The zero-order chi connectivity index (χ0) is 9.14. The van der Waals surface area contributed by atoms with Crippen LogP contribution in [0.4, 0.5) is 0 Å². The summed E-state index contributed by atoms with van der Waals surface area (Å²) in [7, 11) is 0. The minimum atomic E-state index is -1.35. The Balaban J connectivity index is 2.59. The second-order valence-corrected chi connectivity index (χ2v) is 3.22. The molecule has 1 fully saturated rings. The summed E-state index contributed by atoms with van der Waals surface area (Å²) in [6.45, 7) is 0. The van der Waals surface area contributed by atoms with E-state index in [9.17, 15) is 9.59 Å². The number of aliphatic carboxylic acids is 1. The van der Waals surface area contributed by atoms with Gasteiger partial charge in [-0.05, 0) is 12.8 Å². The number of nitrogens with two attached hydrogens (primary N) is 1. The molecule has 0 amide bonds. The Labute approximate surface area is 70.7 Å². The molecule has 0 bridgehead atoms. The molecule has 1 aliphatic rings. The fourth-order valence-electron chi connectivity index (χ4n) is 1.64. The normalized spacial score (nSPS) is 29.8. The van der Waals surface area contributed by atoms with Gasteiger partial charge in [0.2, 0.25) is 5.78 Å². The minimum Gasteiger partial charge on any atom is -0.475 e. The first-order valence-electron chi connectivity index (χ1n) is 4.15. The van der Waals surface area contributed by atoms with Crippen LogP contribution in [-0.2, 0) is 9.59 Å². The molecule has 4 heteroatoms. The fraction of sp³-hybridized carbons (Fsp3) is 0.750. The molecular weight excluding hydrogens is 158 g/mol. The van der Waals surface area contributed by atoms with Crippen LogP contribution in [-0.4, -0.2) is 22.9 Å². The van der Waals surface area contributed by atoms with Gasteiger partial charge in [-0.15, -0.1) is 0 Å². The molecule has 3 N–H and O–H groups in total. The number of rotatable bonds is 2. The number of carboxylic acids is 1. The molecule has 0 radical (unpaired) electrons. The van der Waals surface area contributed by atoms with Crippen molar-refractivity contribution < 1.29 is 14.7 Å². The van der Waals surface area contributed by atoms with Crippen molar-refractivity contribution in [2.75, 3.05) is 0 Å². The molecule has 1 aliphatic carbocycles. The molecule has 2 unspecified atom stereocenters. The van der Waals surface area contributed by atoms with E-state index in [0.717, 1.165) is 19.3 Å². The van der Waals surface area contributed by atoms with Crippen molar-refractivity contribution in [1.82, 2.24) is 0 Å². The van der Waals surface area contributed by atoms with Crippen LogP contribution in [0.5, 0.6) is 0 Å². The molecule has 0 heterocycles. The van der Waals surface area contributed by atoms with Gasteiger partial charge in [0.1, 0.15) is 0 Å². The molecule has 0 aromatic heterocycles. The Kier molecular flexibility index (Phi) is 2.81. The number of hydrogen-bond acceptors (Lipinski definition) is 3. The van der Waals surface area contributed by atoms with Gasteiger partial charge < -0.3 is 10.8 Å². The largest absolute Gasteiger partial charge is 0.475 e. The molecule has 0 saturated heterocycles. The SMILES string of the molecule is NC1CCCCC1C(=O)C(=O)O. The van der Waals surface area contributed by atoms with Crippen LogP contribution < -0.4 is 5.73 Å². The average molecular weight is 171 g/mol. The quantitative estimate of drug-likeness (QED) is 0.580. The van der Waals surface area contributed by atoms with Gasteiger partial charge in [0.25, 0.3) is 0 Å². The molecule has 68 valence electrons. The zero-order valence-corrected chi connectivity index (χ0v) is 6.82. The van der Waals surface area contributed by atoms with E-state index in [2.05, 4.69) is 0 Å². The van der Waals surface area contributed by atoms with Crippen molar-refractivity contribution in [3.8, 4) is 0 Å². The molecule has 0 aliphatic heterocycles. The number of hydrogen-bond donors (Lipinski definition) is 2. The van der Waals surface area contributed by atoms with Crippen molar-refractivity contribution in [3.63, 3.8) is 0 Å². The molecule has 1 rings (SSSR count). The van der Waals surface area contributed by atoms with E-state index in [1.54, 1.807) is 0 Å². The molecule has 12 heavy (non-hydrogen) atoms. The Hall–Kier alpha value is -0.900. The van der Waals surface area contributed by atoms with Gasteiger partial charge in [-0.25, -0.2) is 4.79 Å². The fourth-order valence-corrected chi connectivity index (χ4v) is 1.64. The topological polar surface area (TPSA) is 80.4 Å². The first kappa shape index (κ1) is 9.19. The first-order valence-corrected chi connectivity index (χ1v) is 4.15. The third kappa shape index (κ3) is 1.82. The Morgan fingerprint density at radius 3 is 2.33 bits per heavy atom. The molecule has 2 atom stereocenters. The van der Waals surface area contributed by atoms with Crippen LogP contribution in [0.15, 0.2) is 0 Å². The van der Waals surface area contributed by atoms with Crippen LogP contribution >= 0.6 is 0 Å². The van der Waals surface area contributed by atoms with Crippen LogP contribution in [0.3, 0.4) is 0 Å². The Morgan fingerprint density at radius 1 is 1.25 bits per heavy atom. The highest BCUT2D eigenvalue weighted by Crippen LogP contribution is 2.23. The predicted molar refractivity (Wildman–Crippen MR) is 42.6 cm³/mol. The van der Waals surface area contributed by atoms with Gasteiger partial charge in [-0.1, -0.05) is 12.8 Å². The van der Waals surface area contributed by atoms with Crippen molar-refractivity contribution in [1.29, 1.82) is 0 Å². The smallest absolute Gasteiger partial charge is 0.372 e. The summed E-state index contributed by atoms with van der Waals surface area (Å²) in [5.41, 5.74) is 5.63. The van der Waals surface area contributed by atoms with E-state index in [0.29, 0.717) is 6.42 Å². The van der Waals surface area contributed by atoms with Crippen LogP contribution in [0, 0.1) is 5.92 Å². The van der Waals surface area contributed by atoms with Crippen LogP contribution in [0.25, 0.3) is 0 Å². The number of ketones is 1. The lowest BCUT2D eigenvalue weighted by molar-refractivity contribution is -0.151. The van der Waals surface area contributed by atoms with Gasteiger partial charge in [0.05, 0.1) is 0 Å². The average Bonchev–Trinajstić information content (AvgIpc) is 2.04. The highest BCUT2D eigenvalue weighted by Gasteiger charge is 2.31. The number of carbonyl (C=O) groups is 2. The number of carbonyl (C=O) groups excluding carboxylic acids is 1. The highest BCUT2D eigenvalue weighted by molar-refractivity contribution is 6.33. The summed E-state index contributed by atoms with van der Waals surface area (Å²) in [5, 5.41) is 8.45. The van der Waals surface area contributed by atoms with E-state index in [-0.39, 0.29) is 6.04 Å². The van der Waals surface area contributed by atoms with Crippen molar-refractivity contribution in [2.45, 2.75) is 31.7 Å². The van der Waals surface area contributed by atoms with Crippen molar-refractivity contribution >= 4 is 11.8 Å². The van der Waals surface area contributed by atoms with Gasteiger partial charge in [0, 0.05) is 12.0 Å². The maximum absolute atomic E-state index is 11.0. The maximum atomic E-state index is 11.0. The third-order valence-electron chi connectivity index (χ3n) is 2.37. The summed E-state index contributed by atoms with van der Waals surface area (Å²) in [6.07, 6.45) is 3.32. The number of carboxylic acid groups (broad SMARTS) is 1. The van der Waals surface area contributed by atoms with Gasteiger partial charge in [0.15, 0.2) is 0 Å². The van der Waals surface area contributed by atoms with E-state index in [1.165, 1.54) is 0 Å². The molecule has 0 aromatic carbocycles. The van der Waals surface area contributed by atoms with E-state index in [4.69, 9.17) is 10.8 Å². The number of Topliss-reactive ketones (excluding diaryl/α,β-unsaturated/α-hetero) is 1. The zero-order valence-electron chi connectivity index (χ0n) is 6.82. The second kappa shape index (κ2) is 3.67. The van der Waals surface area contributed by atoms with Crippen LogP contribution in [0.2, 0.25) is 0 Å².